The van der Waals surface area contributed by atoms with Gasteiger partial charge >= 0.3 is 5.97 Å². The lowest BCUT2D eigenvalue weighted by Gasteiger charge is -2.21. The quantitative estimate of drug-likeness (QED) is 0.509. The van der Waals surface area contributed by atoms with Gasteiger partial charge in [-0.25, -0.2) is 4.79 Å². The van der Waals surface area contributed by atoms with Crippen molar-refractivity contribution in [3.8, 4) is 5.75 Å². The highest BCUT2D eigenvalue weighted by atomic mass is 35.5. The van der Waals surface area contributed by atoms with E-state index in [-0.39, 0.29) is 24.4 Å². The van der Waals surface area contributed by atoms with E-state index in [9.17, 15) is 4.79 Å². The van der Waals surface area contributed by atoms with E-state index in [0.29, 0.717) is 17.9 Å². The summed E-state index contributed by atoms with van der Waals surface area (Å²) in [5.41, 5.74) is 6.17. The maximum absolute atomic E-state index is 11.8. The van der Waals surface area contributed by atoms with E-state index in [1.165, 1.54) is 0 Å². The van der Waals surface area contributed by atoms with Crippen molar-refractivity contribution in [1.29, 1.82) is 0 Å². The molecule has 1 rings (SSSR count). The van der Waals surface area contributed by atoms with E-state index in [0.717, 1.165) is 0 Å². The van der Waals surface area contributed by atoms with Crippen molar-refractivity contribution in [3.05, 3.63) is 24.3 Å². The van der Waals surface area contributed by atoms with Gasteiger partial charge in [0.25, 0.3) is 0 Å². The maximum atomic E-state index is 11.8. The predicted octanol–water partition coefficient (Wildman–Crippen LogP) is 1.94. The number of nitrogen functional groups attached to an aromatic ring is 1. The van der Waals surface area contributed by atoms with Gasteiger partial charge in [-0.1, -0.05) is 19.1 Å². The number of rotatable bonds is 4. The van der Waals surface area contributed by atoms with E-state index >= 15 is 0 Å². The molecule has 2 N–H and O–H groups in total. The number of hydrogen-bond donors (Lipinski definition) is 1. The summed E-state index contributed by atoms with van der Waals surface area (Å²) < 4.78 is 5.25. The van der Waals surface area contributed by atoms with Gasteiger partial charge in [0, 0.05) is 0 Å². The third-order valence-corrected chi connectivity index (χ3v) is 2.41. The number of benzene rings is 1. The Morgan fingerprint density at radius 3 is 2.47 bits per heavy atom. The summed E-state index contributed by atoms with van der Waals surface area (Å²) in [6.07, 6.45) is 0.707. The Morgan fingerprint density at radius 2 is 2.00 bits per heavy atom. The van der Waals surface area contributed by atoms with Crippen LogP contribution in [0.1, 0.15) is 13.3 Å². The molecule has 17 heavy (non-hydrogen) atoms. The largest absolute Gasteiger partial charge is 0.423 e. The van der Waals surface area contributed by atoms with Crippen LogP contribution in [0.4, 0.5) is 5.69 Å². The highest BCUT2D eigenvalue weighted by Crippen LogP contribution is 2.20. The lowest BCUT2D eigenvalue weighted by Crippen LogP contribution is -2.38. The molecule has 1 atom stereocenters. The molecule has 96 valence electrons. The third kappa shape index (κ3) is 4.24. The minimum atomic E-state index is -0.273. The molecule has 4 nitrogen and oxygen atoms in total. The van der Waals surface area contributed by atoms with Crippen molar-refractivity contribution >= 4 is 24.1 Å². The van der Waals surface area contributed by atoms with Gasteiger partial charge in [0.15, 0.2) is 5.75 Å². The van der Waals surface area contributed by atoms with Crippen molar-refractivity contribution in [1.82, 2.24) is 4.90 Å². The topological polar surface area (TPSA) is 55.6 Å². The molecule has 0 amide bonds. The summed E-state index contributed by atoms with van der Waals surface area (Å²) in [6, 6.07) is 6.75. The van der Waals surface area contributed by atoms with Gasteiger partial charge in [0.1, 0.15) is 6.04 Å². The second kappa shape index (κ2) is 7.14. The molecule has 0 aliphatic rings. The van der Waals surface area contributed by atoms with Crippen LogP contribution in [0.3, 0.4) is 0 Å². The van der Waals surface area contributed by atoms with E-state index in [1.54, 1.807) is 24.3 Å². The van der Waals surface area contributed by atoms with Crippen LogP contribution in [0, 0.1) is 0 Å². The first-order chi connectivity index (χ1) is 7.56. The summed E-state index contributed by atoms with van der Waals surface area (Å²) in [5.74, 6) is 0.151. The van der Waals surface area contributed by atoms with Gasteiger partial charge in [-0.05, 0) is 32.6 Å². The summed E-state index contributed by atoms with van der Waals surface area (Å²) in [6.45, 7) is 1.94. The number of carbonyl (C=O) groups is 1. The molecule has 0 bridgehead atoms. The van der Waals surface area contributed by atoms with Crippen LogP contribution in [0.5, 0.6) is 5.75 Å². The summed E-state index contributed by atoms with van der Waals surface area (Å²) in [4.78, 5) is 13.7. The van der Waals surface area contributed by atoms with Crippen molar-refractivity contribution in [2.45, 2.75) is 19.4 Å². The maximum Gasteiger partial charge on any atom is 0.328 e. The number of nitrogens with zero attached hydrogens (tertiary/aromatic N) is 1. The van der Waals surface area contributed by atoms with E-state index in [1.807, 2.05) is 25.9 Å². The number of hydrogen-bond acceptors (Lipinski definition) is 4. The number of ether oxygens (including phenoxy) is 1. The van der Waals surface area contributed by atoms with E-state index in [4.69, 9.17) is 10.5 Å². The van der Waals surface area contributed by atoms with Gasteiger partial charge in [-0.15, -0.1) is 12.4 Å². The van der Waals surface area contributed by atoms with Gasteiger partial charge in [0.05, 0.1) is 5.69 Å². The third-order valence-electron chi connectivity index (χ3n) is 2.41. The second-order valence-corrected chi connectivity index (χ2v) is 3.85. The van der Waals surface area contributed by atoms with Crippen molar-refractivity contribution < 1.29 is 9.53 Å². The molecule has 1 unspecified atom stereocenters. The van der Waals surface area contributed by atoms with Gasteiger partial charge in [-0.2, -0.15) is 0 Å². The molecule has 1 aromatic rings. The summed E-state index contributed by atoms with van der Waals surface area (Å²) in [7, 11) is 3.70. The molecular weight excluding hydrogens is 240 g/mol. The zero-order valence-electron chi connectivity index (χ0n) is 10.3. The molecule has 0 saturated heterocycles. The van der Waals surface area contributed by atoms with Crippen molar-refractivity contribution in [3.63, 3.8) is 0 Å². The van der Waals surface area contributed by atoms with E-state index in [2.05, 4.69) is 0 Å². The Morgan fingerprint density at radius 1 is 1.41 bits per heavy atom. The van der Waals surface area contributed by atoms with Crippen LogP contribution in [0.2, 0.25) is 0 Å². The van der Waals surface area contributed by atoms with Gasteiger partial charge < -0.3 is 10.5 Å². The van der Waals surface area contributed by atoms with Crippen LogP contribution in [-0.2, 0) is 4.79 Å². The Balaban J connectivity index is 0.00000256. The Bertz CT molecular complexity index is 369. The van der Waals surface area contributed by atoms with Gasteiger partial charge in [0.2, 0.25) is 0 Å². The molecule has 0 aromatic heterocycles. The smallest absolute Gasteiger partial charge is 0.328 e. The summed E-state index contributed by atoms with van der Waals surface area (Å²) in [5, 5.41) is 0. The average Bonchev–Trinajstić information content (AvgIpc) is 2.22. The second-order valence-electron chi connectivity index (χ2n) is 3.85. The minimum absolute atomic E-state index is 0. The minimum Gasteiger partial charge on any atom is -0.423 e. The van der Waals surface area contributed by atoms with Gasteiger partial charge in [-0.3, -0.25) is 4.90 Å². The number of para-hydroxylation sites is 2. The normalized spacial score (nSPS) is 11.8. The Kier molecular flexibility index (Phi) is 6.61. The fourth-order valence-electron chi connectivity index (χ4n) is 1.49. The molecule has 0 radical (unpaired) electrons. The van der Waals surface area contributed by atoms with Crippen molar-refractivity contribution in [2.75, 3.05) is 19.8 Å². The first-order valence-electron chi connectivity index (χ1n) is 5.29. The SMILES string of the molecule is CCC(C(=O)Oc1ccccc1N)N(C)C.Cl. The van der Waals surface area contributed by atoms with Crippen LogP contribution >= 0.6 is 12.4 Å². The Hall–Kier alpha value is -1.26. The van der Waals surface area contributed by atoms with Crippen molar-refractivity contribution in [2.24, 2.45) is 0 Å². The van der Waals surface area contributed by atoms with Crippen LogP contribution in [-0.4, -0.2) is 31.0 Å². The van der Waals surface area contributed by atoms with Crippen LogP contribution in [0.15, 0.2) is 24.3 Å². The predicted molar refractivity (Wildman–Crippen MR) is 71.5 cm³/mol. The zero-order valence-corrected chi connectivity index (χ0v) is 11.2. The van der Waals surface area contributed by atoms with Crippen LogP contribution in [0.25, 0.3) is 0 Å². The first kappa shape index (κ1) is 15.7. The zero-order chi connectivity index (χ0) is 12.1. The fourth-order valence-corrected chi connectivity index (χ4v) is 1.49. The number of likely N-dealkylation sites (N-methyl/N-ethyl adjacent to an activating group) is 1. The highest BCUT2D eigenvalue weighted by molar-refractivity contribution is 5.85. The lowest BCUT2D eigenvalue weighted by atomic mass is 10.2. The highest BCUT2D eigenvalue weighted by Gasteiger charge is 2.21. The molecular formula is C12H19ClN2O2. The number of carbonyl (C=O) groups excluding carboxylic acids is 1. The number of nitrogens with two attached hydrogens (primary N) is 1. The average molecular weight is 259 g/mol. The summed E-state index contributed by atoms with van der Waals surface area (Å²) >= 11 is 0. The molecule has 0 aliphatic carbocycles. The van der Waals surface area contributed by atoms with E-state index < -0.39 is 0 Å². The standard InChI is InChI=1S/C12H18N2O2.ClH/c1-4-10(14(2)3)12(15)16-11-8-6-5-7-9(11)13;/h5-8,10H,4,13H2,1-3H3;1H. The fraction of sp³-hybridized carbons (Fsp3) is 0.417. The number of esters is 1. The molecule has 0 spiro atoms. The molecule has 5 heteroatoms. The molecule has 0 aliphatic heterocycles. The van der Waals surface area contributed by atoms with Crippen LogP contribution < -0.4 is 10.5 Å². The Labute approximate surface area is 108 Å². The first-order valence-corrected chi connectivity index (χ1v) is 5.29. The molecule has 1 aromatic carbocycles. The monoisotopic (exact) mass is 258 g/mol. The molecule has 0 heterocycles. The number of halogens is 1. The number of anilines is 1. The molecule has 0 fully saturated rings. The molecule has 0 saturated carbocycles. The lowest BCUT2D eigenvalue weighted by molar-refractivity contribution is -0.139.